The first-order valence-corrected chi connectivity index (χ1v) is 6.40. The number of nitrogens with two attached hydrogens (primary N) is 1. The minimum Gasteiger partial charge on any atom is -0.456 e. The van der Waals surface area contributed by atoms with E-state index in [1.165, 1.54) is 18.2 Å². The lowest BCUT2D eigenvalue weighted by Crippen LogP contribution is -2.18. The van der Waals surface area contributed by atoms with Crippen LogP contribution in [0.15, 0.2) is 42.5 Å². The van der Waals surface area contributed by atoms with Gasteiger partial charge in [-0.2, -0.15) is 0 Å². The Balaban J connectivity index is 2.27. The molecule has 2 rings (SSSR count). The van der Waals surface area contributed by atoms with Gasteiger partial charge in [0.2, 0.25) is 0 Å². The molecular formula is C15H15ClFNO. The summed E-state index contributed by atoms with van der Waals surface area (Å²) in [6.07, 6.45) is 0.703. The molecule has 2 aromatic carbocycles. The lowest BCUT2D eigenvalue weighted by Gasteiger charge is -2.13. The van der Waals surface area contributed by atoms with Crippen LogP contribution in [0.3, 0.4) is 0 Å². The number of hydrogen-bond donors (Lipinski definition) is 1. The van der Waals surface area contributed by atoms with Crippen molar-refractivity contribution in [2.24, 2.45) is 5.73 Å². The number of rotatable bonds is 4. The molecule has 0 spiro atoms. The standard InChI is InChI=1S/C15H15ClFNO/c1-10(18)8-11-4-2-3-5-14(11)19-15-7-6-12(17)9-13(15)16/h2-7,9-10H,8,18H2,1H3. The summed E-state index contributed by atoms with van der Waals surface area (Å²) in [5.41, 5.74) is 6.80. The highest BCUT2D eigenvalue weighted by Gasteiger charge is 2.09. The Bertz CT molecular complexity index is 572. The molecule has 1 atom stereocenters. The highest BCUT2D eigenvalue weighted by atomic mass is 35.5. The summed E-state index contributed by atoms with van der Waals surface area (Å²) < 4.78 is 18.7. The summed E-state index contributed by atoms with van der Waals surface area (Å²) in [5.74, 6) is 0.731. The van der Waals surface area contributed by atoms with Gasteiger partial charge >= 0.3 is 0 Å². The molecule has 0 saturated carbocycles. The van der Waals surface area contributed by atoms with E-state index in [9.17, 15) is 4.39 Å². The van der Waals surface area contributed by atoms with E-state index in [1.54, 1.807) is 0 Å². The molecule has 0 aliphatic heterocycles. The van der Waals surface area contributed by atoms with Crippen molar-refractivity contribution in [1.29, 1.82) is 0 Å². The molecular weight excluding hydrogens is 265 g/mol. The first-order valence-electron chi connectivity index (χ1n) is 6.02. The van der Waals surface area contributed by atoms with Gasteiger partial charge in [0.15, 0.2) is 0 Å². The molecule has 2 N–H and O–H groups in total. The van der Waals surface area contributed by atoms with Gasteiger partial charge in [-0.15, -0.1) is 0 Å². The third kappa shape index (κ3) is 3.69. The zero-order valence-electron chi connectivity index (χ0n) is 10.6. The summed E-state index contributed by atoms with van der Waals surface area (Å²) in [6.45, 7) is 1.93. The molecule has 100 valence electrons. The maximum absolute atomic E-state index is 13.0. The highest BCUT2D eigenvalue weighted by molar-refractivity contribution is 6.32. The summed E-state index contributed by atoms with van der Waals surface area (Å²) in [6, 6.07) is 11.7. The molecule has 0 aromatic heterocycles. The molecule has 0 heterocycles. The molecule has 0 aliphatic rings. The van der Waals surface area contributed by atoms with E-state index in [2.05, 4.69) is 0 Å². The molecule has 0 aliphatic carbocycles. The molecule has 0 fully saturated rings. The number of ether oxygens (including phenoxy) is 1. The molecule has 19 heavy (non-hydrogen) atoms. The van der Waals surface area contributed by atoms with E-state index in [0.717, 1.165) is 5.56 Å². The molecule has 1 unspecified atom stereocenters. The SMILES string of the molecule is CC(N)Cc1ccccc1Oc1ccc(F)cc1Cl. The van der Waals surface area contributed by atoms with Gasteiger partial charge in [0.1, 0.15) is 17.3 Å². The Labute approximate surface area is 117 Å². The van der Waals surface area contributed by atoms with Gasteiger partial charge in [-0.1, -0.05) is 29.8 Å². The van der Waals surface area contributed by atoms with E-state index in [4.69, 9.17) is 22.1 Å². The van der Waals surface area contributed by atoms with Gasteiger partial charge in [-0.05, 0) is 43.2 Å². The third-order valence-electron chi connectivity index (χ3n) is 2.63. The Kier molecular flexibility index (Phi) is 4.40. The van der Waals surface area contributed by atoms with E-state index in [1.807, 2.05) is 31.2 Å². The van der Waals surface area contributed by atoms with Gasteiger partial charge in [0.05, 0.1) is 5.02 Å². The van der Waals surface area contributed by atoms with Gasteiger partial charge in [-0.25, -0.2) is 4.39 Å². The van der Waals surface area contributed by atoms with Gasteiger partial charge in [-0.3, -0.25) is 0 Å². The molecule has 2 nitrogen and oxygen atoms in total. The predicted molar refractivity (Wildman–Crippen MR) is 75.3 cm³/mol. The van der Waals surface area contributed by atoms with Gasteiger partial charge in [0, 0.05) is 6.04 Å². The molecule has 0 bridgehead atoms. The van der Waals surface area contributed by atoms with E-state index in [0.29, 0.717) is 17.9 Å². The van der Waals surface area contributed by atoms with Crippen molar-refractivity contribution in [3.63, 3.8) is 0 Å². The van der Waals surface area contributed by atoms with Gasteiger partial charge < -0.3 is 10.5 Å². The Morgan fingerprint density at radius 1 is 1.21 bits per heavy atom. The molecule has 4 heteroatoms. The van der Waals surface area contributed by atoms with Crippen LogP contribution in [0.4, 0.5) is 4.39 Å². The van der Waals surface area contributed by atoms with Crippen LogP contribution < -0.4 is 10.5 Å². The molecule has 0 saturated heterocycles. The second kappa shape index (κ2) is 6.04. The summed E-state index contributed by atoms with van der Waals surface area (Å²) >= 11 is 5.95. The molecule has 0 radical (unpaired) electrons. The summed E-state index contributed by atoms with van der Waals surface area (Å²) in [4.78, 5) is 0. The third-order valence-corrected chi connectivity index (χ3v) is 2.92. The fourth-order valence-electron chi connectivity index (χ4n) is 1.80. The van der Waals surface area contributed by atoms with Crippen LogP contribution in [0.5, 0.6) is 11.5 Å². The largest absolute Gasteiger partial charge is 0.456 e. The number of hydrogen-bond acceptors (Lipinski definition) is 2. The van der Waals surface area contributed by atoms with E-state index >= 15 is 0 Å². The topological polar surface area (TPSA) is 35.2 Å². The van der Waals surface area contributed by atoms with Crippen LogP contribution in [-0.2, 0) is 6.42 Å². The second-order valence-electron chi connectivity index (χ2n) is 4.47. The van der Waals surface area contributed by atoms with E-state index < -0.39 is 0 Å². The molecule has 0 amide bonds. The van der Waals surface area contributed by atoms with Crippen LogP contribution >= 0.6 is 11.6 Å². The van der Waals surface area contributed by atoms with Gasteiger partial charge in [0.25, 0.3) is 0 Å². The monoisotopic (exact) mass is 279 g/mol. The summed E-state index contributed by atoms with van der Waals surface area (Å²) in [5, 5.41) is 0.246. The van der Waals surface area contributed by atoms with Crippen LogP contribution in [0.2, 0.25) is 5.02 Å². The fraction of sp³-hybridized carbons (Fsp3) is 0.200. The maximum Gasteiger partial charge on any atom is 0.146 e. The van der Waals surface area contributed by atoms with Crippen LogP contribution in [0, 0.1) is 5.82 Å². The molecule has 2 aromatic rings. The first-order chi connectivity index (χ1) is 9.06. The van der Waals surface area contributed by atoms with Crippen molar-refractivity contribution in [2.75, 3.05) is 0 Å². The minimum atomic E-state index is -0.388. The smallest absolute Gasteiger partial charge is 0.146 e. The Morgan fingerprint density at radius 3 is 2.63 bits per heavy atom. The van der Waals surface area contributed by atoms with Crippen molar-refractivity contribution in [3.05, 3.63) is 58.9 Å². The minimum absolute atomic E-state index is 0.0356. The van der Waals surface area contributed by atoms with Crippen molar-refractivity contribution in [2.45, 2.75) is 19.4 Å². The second-order valence-corrected chi connectivity index (χ2v) is 4.87. The fourth-order valence-corrected chi connectivity index (χ4v) is 2.00. The number of halogens is 2. The highest BCUT2D eigenvalue weighted by Crippen LogP contribution is 2.31. The quantitative estimate of drug-likeness (QED) is 0.912. The lowest BCUT2D eigenvalue weighted by atomic mass is 10.1. The van der Waals surface area contributed by atoms with Crippen molar-refractivity contribution >= 4 is 11.6 Å². The maximum atomic E-state index is 13.0. The predicted octanol–water partition coefficient (Wildman–Crippen LogP) is 4.16. The average molecular weight is 280 g/mol. The summed E-state index contributed by atoms with van der Waals surface area (Å²) in [7, 11) is 0. The van der Waals surface area contributed by atoms with Crippen LogP contribution in [-0.4, -0.2) is 6.04 Å². The first kappa shape index (κ1) is 13.8. The van der Waals surface area contributed by atoms with Crippen molar-refractivity contribution < 1.29 is 9.13 Å². The zero-order valence-corrected chi connectivity index (χ0v) is 11.3. The number of para-hydroxylation sites is 1. The average Bonchev–Trinajstić information content (AvgIpc) is 2.34. The van der Waals surface area contributed by atoms with Crippen molar-refractivity contribution in [3.8, 4) is 11.5 Å². The van der Waals surface area contributed by atoms with Crippen LogP contribution in [0.25, 0.3) is 0 Å². The zero-order chi connectivity index (χ0) is 13.8. The Morgan fingerprint density at radius 2 is 1.95 bits per heavy atom. The lowest BCUT2D eigenvalue weighted by molar-refractivity contribution is 0.472. The number of benzene rings is 2. The Hall–Kier alpha value is -1.58. The van der Waals surface area contributed by atoms with E-state index in [-0.39, 0.29) is 16.9 Å². The van der Waals surface area contributed by atoms with Crippen LogP contribution in [0.1, 0.15) is 12.5 Å². The van der Waals surface area contributed by atoms with Crippen molar-refractivity contribution in [1.82, 2.24) is 0 Å². The normalized spacial score (nSPS) is 12.2.